The molecule has 0 aliphatic heterocycles. The SMILES string of the molecule is C[C@@H](OC(=O)/C=C/c1sc2ccccc2c1Cl)C(=O)NC1CC1. The van der Waals surface area contributed by atoms with Crippen LogP contribution in [0.3, 0.4) is 0 Å². The Morgan fingerprint density at radius 2 is 2.13 bits per heavy atom. The first-order chi connectivity index (χ1) is 11.0. The number of fused-ring (bicyclic) bond motifs is 1. The van der Waals surface area contributed by atoms with Crippen LogP contribution in [0.1, 0.15) is 24.6 Å². The lowest BCUT2D eigenvalue weighted by molar-refractivity contribution is -0.150. The number of ether oxygens (including phenoxy) is 1. The number of amides is 1. The van der Waals surface area contributed by atoms with Crippen molar-refractivity contribution in [1.29, 1.82) is 0 Å². The van der Waals surface area contributed by atoms with Gasteiger partial charge in [-0.05, 0) is 31.9 Å². The first-order valence-corrected chi connectivity index (χ1v) is 8.60. The van der Waals surface area contributed by atoms with E-state index >= 15 is 0 Å². The Morgan fingerprint density at radius 1 is 1.39 bits per heavy atom. The van der Waals surface area contributed by atoms with Crippen molar-refractivity contribution >= 4 is 51.0 Å². The predicted octanol–water partition coefficient (Wildman–Crippen LogP) is 3.78. The number of hydrogen-bond acceptors (Lipinski definition) is 4. The molecule has 0 radical (unpaired) electrons. The molecule has 1 saturated carbocycles. The monoisotopic (exact) mass is 349 g/mol. The van der Waals surface area contributed by atoms with Crippen LogP contribution in [0.15, 0.2) is 30.3 Å². The lowest BCUT2D eigenvalue weighted by Crippen LogP contribution is -2.36. The standard InChI is InChI=1S/C17H16ClNO3S/c1-10(17(21)19-11-6-7-11)22-15(20)9-8-14-16(18)12-4-2-3-5-13(12)23-14/h2-5,8-11H,6-7H2,1H3,(H,19,21)/b9-8+/t10-/m1/s1. The molecule has 1 N–H and O–H groups in total. The molecule has 1 aromatic carbocycles. The number of thiophene rings is 1. The highest BCUT2D eigenvalue weighted by atomic mass is 35.5. The van der Waals surface area contributed by atoms with Crippen LogP contribution < -0.4 is 5.32 Å². The summed E-state index contributed by atoms with van der Waals surface area (Å²) in [5.41, 5.74) is 0. The molecule has 120 valence electrons. The van der Waals surface area contributed by atoms with Gasteiger partial charge in [-0.2, -0.15) is 0 Å². The highest BCUT2D eigenvalue weighted by Gasteiger charge is 2.26. The van der Waals surface area contributed by atoms with E-state index in [1.165, 1.54) is 17.4 Å². The van der Waals surface area contributed by atoms with E-state index in [1.807, 2.05) is 24.3 Å². The molecule has 0 bridgehead atoms. The van der Waals surface area contributed by atoms with Gasteiger partial charge >= 0.3 is 5.97 Å². The Morgan fingerprint density at radius 3 is 2.83 bits per heavy atom. The largest absolute Gasteiger partial charge is 0.449 e. The maximum Gasteiger partial charge on any atom is 0.331 e. The van der Waals surface area contributed by atoms with Gasteiger partial charge in [0.05, 0.1) is 5.02 Å². The summed E-state index contributed by atoms with van der Waals surface area (Å²) < 4.78 is 6.16. The lowest BCUT2D eigenvalue weighted by Gasteiger charge is -2.11. The average molecular weight is 350 g/mol. The summed E-state index contributed by atoms with van der Waals surface area (Å²) in [5.74, 6) is -0.814. The minimum absolute atomic E-state index is 0.247. The maximum atomic E-state index is 11.8. The Balaban J connectivity index is 1.62. The second-order valence-electron chi connectivity index (χ2n) is 5.47. The molecule has 1 aliphatic carbocycles. The number of rotatable bonds is 5. The van der Waals surface area contributed by atoms with E-state index in [1.54, 1.807) is 13.0 Å². The van der Waals surface area contributed by atoms with E-state index in [0.717, 1.165) is 27.8 Å². The number of benzene rings is 1. The molecule has 2 aromatic rings. The summed E-state index contributed by atoms with van der Waals surface area (Å²) in [4.78, 5) is 24.4. The first kappa shape index (κ1) is 16.0. The highest BCUT2D eigenvalue weighted by Crippen LogP contribution is 2.35. The predicted molar refractivity (Wildman–Crippen MR) is 92.6 cm³/mol. The summed E-state index contributed by atoms with van der Waals surface area (Å²) >= 11 is 7.81. The Labute approximate surface area is 143 Å². The van der Waals surface area contributed by atoms with Gasteiger partial charge in [-0.25, -0.2) is 4.79 Å². The summed E-state index contributed by atoms with van der Waals surface area (Å²) in [6.45, 7) is 1.57. The Kier molecular flexibility index (Phi) is 4.68. The summed E-state index contributed by atoms with van der Waals surface area (Å²) in [5, 5.41) is 4.38. The fourth-order valence-corrected chi connectivity index (χ4v) is 3.50. The molecular formula is C17H16ClNO3S. The van der Waals surface area contributed by atoms with Crippen molar-refractivity contribution in [2.45, 2.75) is 31.9 Å². The lowest BCUT2D eigenvalue weighted by atomic mass is 10.2. The van der Waals surface area contributed by atoms with Crippen LogP contribution >= 0.6 is 22.9 Å². The topological polar surface area (TPSA) is 55.4 Å². The fourth-order valence-electron chi connectivity index (χ4n) is 2.10. The van der Waals surface area contributed by atoms with E-state index in [-0.39, 0.29) is 11.9 Å². The molecular weight excluding hydrogens is 334 g/mol. The molecule has 1 aromatic heterocycles. The van der Waals surface area contributed by atoms with Gasteiger partial charge in [0, 0.05) is 27.1 Å². The van der Waals surface area contributed by atoms with Crippen LogP contribution in [0.5, 0.6) is 0 Å². The van der Waals surface area contributed by atoms with Crippen molar-refractivity contribution in [1.82, 2.24) is 5.32 Å². The molecule has 1 heterocycles. The molecule has 4 nitrogen and oxygen atoms in total. The molecule has 1 aliphatic rings. The van der Waals surface area contributed by atoms with E-state index in [4.69, 9.17) is 16.3 Å². The van der Waals surface area contributed by atoms with Gasteiger partial charge in [0.2, 0.25) is 0 Å². The van der Waals surface area contributed by atoms with Gasteiger partial charge in [0.25, 0.3) is 5.91 Å². The van der Waals surface area contributed by atoms with Gasteiger partial charge in [0.15, 0.2) is 6.10 Å². The third-order valence-corrected chi connectivity index (χ3v) is 5.17. The molecule has 1 atom stereocenters. The van der Waals surface area contributed by atoms with Gasteiger partial charge < -0.3 is 10.1 Å². The number of carbonyl (C=O) groups excluding carboxylic acids is 2. The smallest absolute Gasteiger partial charge is 0.331 e. The molecule has 0 unspecified atom stereocenters. The maximum absolute atomic E-state index is 11.8. The Bertz CT molecular complexity index is 779. The second kappa shape index (κ2) is 6.72. The van der Waals surface area contributed by atoms with Crippen molar-refractivity contribution in [3.63, 3.8) is 0 Å². The third-order valence-electron chi connectivity index (χ3n) is 3.52. The fraction of sp³-hybridized carbons (Fsp3) is 0.294. The molecule has 1 amide bonds. The normalized spacial score (nSPS) is 15.7. The number of carbonyl (C=O) groups is 2. The third kappa shape index (κ3) is 3.92. The van der Waals surface area contributed by atoms with Crippen LogP contribution in [0.25, 0.3) is 16.2 Å². The van der Waals surface area contributed by atoms with Gasteiger partial charge in [0.1, 0.15) is 0 Å². The van der Waals surface area contributed by atoms with Crippen molar-refractivity contribution in [3.8, 4) is 0 Å². The zero-order chi connectivity index (χ0) is 16.4. The van der Waals surface area contributed by atoms with Crippen molar-refractivity contribution in [2.75, 3.05) is 0 Å². The molecule has 6 heteroatoms. The van der Waals surface area contributed by atoms with Crippen LogP contribution in [0.2, 0.25) is 5.02 Å². The van der Waals surface area contributed by atoms with Crippen molar-refractivity contribution < 1.29 is 14.3 Å². The van der Waals surface area contributed by atoms with E-state index < -0.39 is 12.1 Å². The summed E-state index contributed by atoms with van der Waals surface area (Å²) in [7, 11) is 0. The van der Waals surface area contributed by atoms with E-state index in [0.29, 0.717) is 5.02 Å². The molecule has 0 spiro atoms. The zero-order valence-electron chi connectivity index (χ0n) is 12.5. The first-order valence-electron chi connectivity index (χ1n) is 7.40. The van der Waals surface area contributed by atoms with Gasteiger partial charge in [-0.3, -0.25) is 4.79 Å². The average Bonchev–Trinajstić information content (AvgIpc) is 3.29. The summed E-state index contributed by atoms with van der Waals surface area (Å²) in [6.07, 6.45) is 4.12. The minimum atomic E-state index is -0.800. The quantitative estimate of drug-likeness (QED) is 0.660. The molecule has 0 saturated heterocycles. The second-order valence-corrected chi connectivity index (χ2v) is 6.93. The van der Waals surface area contributed by atoms with Crippen LogP contribution in [0, 0.1) is 0 Å². The van der Waals surface area contributed by atoms with Crippen LogP contribution in [0.4, 0.5) is 0 Å². The number of nitrogens with one attached hydrogen (secondary N) is 1. The number of esters is 1. The van der Waals surface area contributed by atoms with E-state index in [9.17, 15) is 9.59 Å². The summed E-state index contributed by atoms with van der Waals surface area (Å²) in [6, 6.07) is 8.02. The number of hydrogen-bond donors (Lipinski definition) is 1. The molecule has 3 rings (SSSR count). The highest BCUT2D eigenvalue weighted by molar-refractivity contribution is 7.20. The van der Waals surface area contributed by atoms with Crippen molar-refractivity contribution in [3.05, 3.63) is 40.2 Å². The molecule has 23 heavy (non-hydrogen) atoms. The minimum Gasteiger partial charge on any atom is -0.449 e. The number of halogens is 1. The van der Waals surface area contributed by atoms with Gasteiger partial charge in [-0.15, -0.1) is 11.3 Å². The zero-order valence-corrected chi connectivity index (χ0v) is 14.1. The van der Waals surface area contributed by atoms with Crippen LogP contribution in [-0.4, -0.2) is 24.0 Å². The van der Waals surface area contributed by atoms with Crippen molar-refractivity contribution in [2.24, 2.45) is 0 Å². The van der Waals surface area contributed by atoms with Gasteiger partial charge in [-0.1, -0.05) is 29.8 Å². The molecule has 1 fully saturated rings. The van der Waals surface area contributed by atoms with E-state index in [2.05, 4.69) is 5.32 Å². The Hall–Kier alpha value is -1.85. The van der Waals surface area contributed by atoms with Crippen LogP contribution in [-0.2, 0) is 14.3 Å².